The summed E-state index contributed by atoms with van der Waals surface area (Å²) in [6.07, 6.45) is 0.496. The highest BCUT2D eigenvalue weighted by atomic mass is 19.3. The van der Waals surface area contributed by atoms with E-state index >= 15 is 0 Å². The van der Waals surface area contributed by atoms with Gasteiger partial charge in [0.25, 0.3) is 11.6 Å². The lowest BCUT2D eigenvalue weighted by molar-refractivity contribution is -0.384. The zero-order chi connectivity index (χ0) is 17.3. The highest BCUT2D eigenvalue weighted by Crippen LogP contribution is 2.32. The SMILES string of the molecule is O=C(c1cccc(OC(F)F)c1)N1CCc2cc([N+](=O)[O-])ccc21. The lowest BCUT2D eigenvalue weighted by Gasteiger charge is -2.17. The van der Waals surface area contributed by atoms with E-state index in [1.165, 1.54) is 47.4 Å². The fourth-order valence-electron chi connectivity index (χ4n) is 2.67. The number of ether oxygens (including phenoxy) is 1. The molecule has 0 atom stereocenters. The van der Waals surface area contributed by atoms with E-state index in [-0.39, 0.29) is 22.9 Å². The molecule has 0 saturated carbocycles. The number of carbonyl (C=O) groups excluding carboxylic acids is 1. The molecule has 124 valence electrons. The topological polar surface area (TPSA) is 72.7 Å². The molecule has 0 aromatic heterocycles. The highest BCUT2D eigenvalue weighted by molar-refractivity contribution is 6.07. The first kappa shape index (κ1) is 15.9. The Balaban J connectivity index is 1.87. The van der Waals surface area contributed by atoms with Gasteiger partial charge in [-0.2, -0.15) is 8.78 Å². The quantitative estimate of drug-likeness (QED) is 0.634. The van der Waals surface area contributed by atoms with Gasteiger partial charge in [-0.15, -0.1) is 0 Å². The van der Waals surface area contributed by atoms with Gasteiger partial charge < -0.3 is 9.64 Å². The fraction of sp³-hybridized carbons (Fsp3) is 0.188. The molecule has 1 heterocycles. The first-order chi connectivity index (χ1) is 11.5. The average molecular weight is 334 g/mol. The molecule has 6 nitrogen and oxygen atoms in total. The Hall–Kier alpha value is -3.03. The summed E-state index contributed by atoms with van der Waals surface area (Å²) in [7, 11) is 0. The van der Waals surface area contributed by atoms with Crippen LogP contribution >= 0.6 is 0 Å². The van der Waals surface area contributed by atoms with Crippen molar-refractivity contribution in [3.8, 4) is 5.75 Å². The van der Waals surface area contributed by atoms with Crippen LogP contribution in [0.1, 0.15) is 15.9 Å². The van der Waals surface area contributed by atoms with Gasteiger partial charge in [-0.1, -0.05) is 6.07 Å². The molecule has 24 heavy (non-hydrogen) atoms. The molecular weight excluding hydrogens is 322 g/mol. The minimum Gasteiger partial charge on any atom is -0.435 e. The number of alkyl halides is 2. The predicted molar refractivity (Wildman–Crippen MR) is 81.6 cm³/mol. The maximum Gasteiger partial charge on any atom is 0.387 e. The minimum atomic E-state index is -2.97. The smallest absolute Gasteiger partial charge is 0.387 e. The molecule has 2 aromatic rings. The van der Waals surface area contributed by atoms with E-state index in [9.17, 15) is 23.7 Å². The van der Waals surface area contributed by atoms with E-state index in [1.807, 2.05) is 0 Å². The Morgan fingerprint density at radius 3 is 2.75 bits per heavy atom. The van der Waals surface area contributed by atoms with Crippen LogP contribution in [-0.4, -0.2) is 24.0 Å². The Morgan fingerprint density at radius 2 is 2.04 bits per heavy atom. The number of hydrogen-bond donors (Lipinski definition) is 0. The largest absolute Gasteiger partial charge is 0.435 e. The van der Waals surface area contributed by atoms with Crippen LogP contribution in [0, 0.1) is 10.1 Å². The Labute approximate surface area is 135 Å². The number of nitro benzene ring substituents is 1. The monoisotopic (exact) mass is 334 g/mol. The van der Waals surface area contributed by atoms with Crippen molar-refractivity contribution < 1.29 is 23.2 Å². The van der Waals surface area contributed by atoms with E-state index < -0.39 is 11.5 Å². The maximum atomic E-state index is 12.6. The van der Waals surface area contributed by atoms with Crippen molar-refractivity contribution in [1.82, 2.24) is 0 Å². The predicted octanol–water partition coefficient (Wildman–Crippen LogP) is 3.40. The highest BCUT2D eigenvalue weighted by Gasteiger charge is 2.27. The van der Waals surface area contributed by atoms with Crippen molar-refractivity contribution in [2.24, 2.45) is 0 Å². The fourth-order valence-corrected chi connectivity index (χ4v) is 2.67. The molecule has 0 saturated heterocycles. The number of nitrogens with zero attached hydrogens (tertiary/aromatic N) is 2. The first-order valence-electron chi connectivity index (χ1n) is 7.10. The van der Waals surface area contributed by atoms with E-state index in [4.69, 9.17) is 0 Å². The van der Waals surface area contributed by atoms with E-state index in [0.29, 0.717) is 24.2 Å². The van der Waals surface area contributed by atoms with Crippen molar-refractivity contribution in [3.63, 3.8) is 0 Å². The van der Waals surface area contributed by atoms with Crippen LogP contribution in [0.3, 0.4) is 0 Å². The van der Waals surface area contributed by atoms with E-state index in [2.05, 4.69) is 4.74 Å². The minimum absolute atomic E-state index is 0.0321. The lowest BCUT2D eigenvalue weighted by Crippen LogP contribution is -2.28. The Bertz CT molecular complexity index is 810. The van der Waals surface area contributed by atoms with Crippen LogP contribution in [0.5, 0.6) is 5.75 Å². The van der Waals surface area contributed by atoms with Crippen LogP contribution in [0.15, 0.2) is 42.5 Å². The summed E-state index contributed by atoms with van der Waals surface area (Å²) in [5.41, 5.74) is 1.47. The molecule has 8 heteroatoms. The van der Waals surface area contributed by atoms with Gasteiger partial charge in [0.2, 0.25) is 0 Å². The second kappa shape index (κ2) is 6.23. The average Bonchev–Trinajstić information content (AvgIpc) is 2.96. The lowest BCUT2D eigenvalue weighted by atomic mass is 10.1. The van der Waals surface area contributed by atoms with Crippen molar-refractivity contribution in [2.75, 3.05) is 11.4 Å². The molecule has 2 aromatic carbocycles. The van der Waals surface area contributed by atoms with Gasteiger partial charge in [0.1, 0.15) is 5.75 Å². The van der Waals surface area contributed by atoms with Gasteiger partial charge in [0.05, 0.1) is 4.92 Å². The number of fused-ring (bicyclic) bond motifs is 1. The van der Waals surface area contributed by atoms with Crippen molar-refractivity contribution in [1.29, 1.82) is 0 Å². The summed E-state index contributed by atoms with van der Waals surface area (Å²) in [6, 6.07) is 9.85. The summed E-state index contributed by atoms with van der Waals surface area (Å²) < 4.78 is 28.9. The number of non-ortho nitro benzene ring substituents is 1. The third kappa shape index (κ3) is 3.03. The molecule has 1 amide bonds. The van der Waals surface area contributed by atoms with E-state index in [1.54, 1.807) is 0 Å². The van der Waals surface area contributed by atoms with Crippen LogP contribution in [0.25, 0.3) is 0 Å². The van der Waals surface area contributed by atoms with Crippen molar-refractivity contribution >= 4 is 17.3 Å². The number of hydrogen-bond acceptors (Lipinski definition) is 4. The van der Waals surface area contributed by atoms with E-state index in [0.717, 1.165) is 0 Å². The Morgan fingerprint density at radius 1 is 1.25 bits per heavy atom. The maximum absolute atomic E-state index is 12.6. The van der Waals surface area contributed by atoms with Crippen molar-refractivity contribution in [3.05, 3.63) is 63.7 Å². The van der Waals surface area contributed by atoms with Crippen LogP contribution in [0.4, 0.5) is 20.2 Å². The number of nitro groups is 1. The van der Waals surface area contributed by atoms with Gasteiger partial charge >= 0.3 is 6.61 Å². The normalized spacial score (nSPS) is 13.0. The third-order valence-electron chi connectivity index (χ3n) is 3.72. The van der Waals surface area contributed by atoms with Gasteiger partial charge in [-0.25, -0.2) is 0 Å². The molecule has 0 radical (unpaired) electrons. The number of halogens is 2. The summed E-state index contributed by atoms with van der Waals surface area (Å²) in [6.45, 7) is -2.60. The summed E-state index contributed by atoms with van der Waals surface area (Å²) in [4.78, 5) is 24.4. The molecule has 1 aliphatic heterocycles. The Kier molecular flexibility index (Phi) is 4.11. The van der Waals surface area contributed by atoms with Crippen molar-refractivity contribution in [2.45, 2.75) is 13.0 Å². The number of carbonyl (C=O) groups is 1. The number of anilines is 1. The van der Waals surface area contributed by atoms with Crippen LogP contribution < -0.4 is 9.64 Å². The molecule has 3 rings (SSSR count). The molecule has 1 aliphatic rings. The number of benzene rings is 2. The van der Waals surface area contributed by atoms with Gasteiger partial charge in [0.15, 0.2) is 0 Å². The second-order valence-electron chi connectivity index (χ2n) is 5.18. The summed E-state index contributed by atoms with van der Waals surface area (Å²) in [5, 5.41) is 10.8. The molecular formula is C16H12F2N2O4. The summed E-state index contributed by atoms with van der Waals surface area (Å²) >= 11 is 0. The van der Waals surface area contributed by atoms with Gasteiger partial charge in [0, 0.05) is 29.9 Å². The standard InChI is InChI=1S/C16H12F2N2O4/c17-16(18)24-13-3-1-2-11(9-13)15(21)19-7-6-10-8-12(20(22)23)4-5-14(10)19/h1-5,8-9,16H,6-7H2. The number of rotatable bonds is 4. The molecule has 0 fully saturated rings. The third-order valence-corrected chi connectivity index (χ3v) is 3.72. The molecule has 0 spiro atoms. The zero-order valence-electron chi connectivity index (χ0n) is 12.3. The van der Waals surface area contributed by atoms with Crippen LogP contribution in [-0.2, 0) is 6.42 Å². The second-order valence-corrected chi connectivity index (χ2v) is 5.18. The first-order valence-corrected chi connectivity index (χ1v) is 7.10. The van der Waals surface area contributed by atoms with Crippen LogP contribution in [0.2, 0.25) is 0 Å². The van der Waals surface area contributed by atoms with Gasteiger partial charge in [-0.3, -0.25) is 14.9 Å². The summed E-state index contributed by atoms with van der Waals surface area (Å²) in [5.74, 6) is -0.471. The molecule has 0 bridgehead atoms. The zero-order valence-corrected chi connectivity index (χ0v) is 12.3. The molecule has 0 unspecified atom stereocenters. The number of amides is 1. The molecule has 0 N–H and O–H groups in total. The van der Waals surface area contributed by atoms with Gasteiger partial charge in [-0.05, 0) is 36.2 Å². The molecule has 0 aliphatic carbocycles.